The molecule has 1 aliphatic carbocycles. The van der Waals surface area contributed by atoms with Crippen molar-refractivity contribution in [1.29, 1.82) is 0 Å². The summed E-state index contributed by atoms with van der Waals surface area (Å²) in [4.78, 5) is 14.0. The van der Waals surface area contributed by atoms with Crippen molar-refractivity contribution in [3.8, 4) is 11.4 Å². The van der Waals surface area contributed by atoms with Gasteiger partial charge in [-0.05, 0) is 55.5 Å². The number of aryl methyl sites for hydroxylation is 1. The lowest BCUT2D eigenvalue weighted by molar-refractivity contribution is 0.752. The predicted molar refractivity (Wildman–Crippen MR) is 117 cm³/mol. The van der Waals surface area contributed by atoms with E-state index in [0.29, 0.717) is 23.5 Å². The van der Waals surface area contributed by atoms with E-state index in [1.54, 1.807) is 17.5 Å². The summed E-state index contributed by atoms with van der Waals surface area (Å²) in [5.41, 5.74) is 2.75. The molecule has 4 aromatic rings. The molecule has 0 atom stereocenters. The van der Waals surface area contributed by atoms with Gasteiger partial charge in [-0.15, -0.1) is 16.4 Å². The molecule has 4 aromatic heterocycles. The Morgan fingerprint density at radius 3 is 2.72 bits per heavy atom. The second-order valence-electron chi connectivity index (χ2n) is 7.27. The lowest BCUT2D eigenvalue weighted by Crippen LogP contribution is -2.16. The van der Waals surface area contributed by atoms with E-state index in [2.05, 4.69) is 31.2 Å². The minimum atomic E-state index is 0.498. The van der Waals surface area contributed by atoms with Crippen LogP contribution in [0.4, 0.5) is 17.5 Å². The van der Waals surface area contributed by atoms with Crippen molar-refractivity contribution in [3.63, 3.8) is 0 Å². The number of fused-ring (bicyclic) bond motifs is 1. The lowest BCUT2D eigenvalue weighted by Gasteiger charge is -2.14. The maximum Gasteiger partial charge on any atom is 0.162 e. The first-order valence-corrected chi connectivity index (χ1v) is 10.7. The monoisotopic (exact) mass is 403 g/mol. The normalized spacial score (nSPS) is 14.4. The summed E-state index contributed by atoms with van der Waals surface area (Å²) >= 11 is 1.68. The molecule has 0 aliphatic heterocycles. The molecule has 1 fully saturated rings. The van der Waals surface area contributed by atoms with Gasteiger partial charge in [0.25, 0.3) is 0 Å². The zero-order chi connectivity index (χ0) is 19.6. The summed E-state index contributed by atoms with van der Waals surface area (Å²) in [6, 6.07) is 10.2. The molecule has 1 aliphatic rings. The van der Waals surface area contributed by atoms with E-state index in [4.69, 9.17) is 9.97 Å². The van der Waals surface area contributed by atoms with Crippen LogP contribution >= 0.6 is 11.3 Å². The third-order valence-electron chi connectivity index (χ3n) is 5.07. The first-order chi connectivity index (χ1) is 14.2. The molecule has 0 saturated heterocycles. The molecule has 8 heteroatoms. The molecule has 1 saturated carbocycles. The zero-order valence-corrected chi connectivity index (χ0v) is 16.9. The van der Waals surface area contributed by atoms with Gasteiger partial charge in [0.1, 0.15) is 11.6 Å². The van der Waals surface area contributed by atoms with Crippen LogP contribution in [0.25, 0.3) is 21.6 Å². The number of hydrogen-bond acceptors (Lipinski definition) is 8. The molecule has 29 heavy (non-hydrogen) atoms. The highest BCUT2D eigenvalue weighted by Gasteiger charge is 2.18. The average molecular weight is 404 g/mol. The molecule has 0 radical (unpaired) electrons. The van der Waals surface area contributed by atoms with Gasteiger partial charge in [0.15, 0.2) is 11.6 Å². The van der Waals surface area contributed by atoms with Crippen LogP contribution < -0.4 is 10.6 Å². The quantitative estimate of drug-likeness (QED) is 0.487. The van der Waals surface area contributed by atoms with Crippen molar-refractivity contribution in [2.24, 2.45) is 0 Å². The molecule has 0 unspecified atom stereocenters. The van der Waals surface area contributed by atoms with Gasteiger partial charge in [0.05, 0.1) is 15.9 Å². The van der Waals surface area contributed by atoms with E-state index in [9.17, 15) is 0 Å². The fraction of sp³-hybridized carbons (Fsp3) is 0.286. The number of nitrogens with one attached hydrogen (secondary N) is 2. The first kappa shape index (κ1) is 17.9. The van der Waals surface area contributed by atoms with E-state index in [1.165, 1.54) is 25.7 Å². The summed E-state index contributed by atoms with van der Waals surface area (Å²) in [7, 11) is 0. The average Bonchev–Trinajstić information content (AvgIpc) is 3.42. The van der Waals surface area contributed by atoms with Crippen LogP contribution in [0.1, 0.15) is 31.4 Å². The Bertz CT molecular complexity index is 1130. The van der Waals surface area contributed by atoms with E-state index >= 15 is 0 Å². The Kier molecular flexibility index (Phi) is 4.77. The van der Waals surface area contributed by atoms with Crippen LogP contribution in [0.3, 0.4) is 0 Å². The molecular weight excluding hydrogens is 382 g/mol. The molecule has 5 rings (SSSR count). The van der Waals surface area contributed by atoms with Crippen LogP contribution in [-0.4, -0.2) is 31.2 Å². The molecule has 0 amide bonds. The minimum absolute atomic E-state index is 0.498. The van der Waals surface area contributed by atoms with Crippen LogP contribution in [0.2, 0.25) is 0 Å². The SMILES string of the molecule is Cc1ccc(Nc2cc(-c3nc(NC4CCCC4)c4sccc4n3)ccn2)nn1. The summed E-state index contributed by atoms with van der Waals surface area (Å²) in [5, 5.41) is 17.1. The fourth-order valence-corrected chi connectivity index (χ4v) is 4.37. The number of thiophene rings is 1. The smallest absolute Gasteiger partial charge is 0.162 e. The van der Waals surface area contributed by atoms with E-state index < -0.39 is 0 Å². The van der Waals surface area contributed by atoms with Gasteiger partial charge >= 0.3 is 0 Å². The van der Waals surface area contributed by atoms with Gasteiger partial charge < -0.3 is 10.6 Å². The van der Waals surface area contributed by atoms with Crippen LogP contribution in [0.15, 0.2) is 41.9 Å². The van der Waals surface area contributed by atoms with Gasteiger partial charge in [0.2, 0.25) is 0 Å². The second kappa shape index (κ2) is 7.71. The van der Waals surface area contributed by atoms with Crippen molar-refractivity contribution in [2.75, 3.05) is 10.6 Å². The number of anilines is 3. The molecular formula is C21H21N7S. The molecule has 146 valence electrons. The highest BCUT2D eigenvalue weighted by Crippen LogP contribution is 2.32. The third-order valence-corrected chi connectivity index (χ3v) is 5.98. The zero-order valence-electron chi connectivity index (χ0n) is 16.1. The van der Waals surface area contributed by atoms with Crippen molar-refractivity contribution >= 4 is 39.0 Å². The van der Waals surface area contributed by atoms with Gasteiger partial charge in [-0.25, -0.2) is 15.0 Å². The summed E-state index contributed by atoms with van der Waals surface area (Å²) < 4.78 is 1.11. The van der Waals surface area contributed by atoms with Crippen LogP contribution in [0, 0.1) is 6.92 Å². The molecule has 7 nitrogen and oxygen atoms in total. The van der Waals surface area contributed by atoms with Gasteiger partial charge in [0, 0.05) is 17.8 Å². The highest BCUT2D eigenvalue weighted by atomic mass is 32.1. The Morgan fingerprint density at radius 2 is 1.90 bits per heavy atom. The van der Waals surface area contributed by atoms with Crippen molar-refractivity contribution < 1.29 is 0 Å². The Morgan fingerprint density at radius 1 is 1.00 bits per heavy atom. The molecule has 0 aromatic carbocycles. The van der Waals surface area contributed by atoms with E-state index in [-0.39, 0.29) is 0 Å². The summed E-state index contributed by atoms with van der Waals surface area (Å²) in [6.07, 6.45) is 6.72. The predicted octanol–water partition coefficient (Wildman–Crippen LogP) is 4.95. The first-order valence-electron chi connectivity index (χ1n) is 9.80. The van der Waals surface area contributed by atoms with Gasteiger partial charge in [-0.3, -0.25) is 0 Å². The minimum Gasteiger partial charge on any atom is -0.366 e. The summed E-state index contributed by atoms with van der Waals surface area (Å²) in [6.45, 7) is 1.91. The van der Waals surface area contributed by atoms with Gasteiger partial charge in [-0.1, -0.05) is 12.8 Å². The molecule has 2 N–H and O–H groups in total. The van der Waals surface area contributed by atoms with E-state index in [0.717, 1.165) is 27.3 Å². The van der Waals surface area contributed by atoms with Crippen molar-refractivity contribution in [1.82, 2.24) is 25.1 Å². The number of pyridine rings is 1. The van der Waals surface area contributed by atoms with Crippen LogP contribution in [-0.2, 0) is 0 Å². The Labute approximate surface area is 172 Å². The topological polar surface area (TPSA) is 88.5 Å². The standard InChI is InChI=1S/C21H21N7S/c1-13-6-7-17(28-27-13)25-18-12-14(8-10-22-18)20-24-16-9-11-29-19(16)21(26-20)23-15-4-2-3-5-15/h6-12,15H,2-5H2,1H3,(H,22,25,28)(H,23,24,26). The van der Waals surface area contributed by atoms with Crippen molar-refractivity contribution in [3.05, 3.63) is 47.6 Å². The number of rotatable bonds is 5. The number of nitrogens with zero attached hydrogens (tertiary/aromatic N) is 5. The lowest BCUT2D eigenvalue weighted by atomic mass is 10.2. The Hall–Kier alpha value is -3.13. The number of aromatic nitrogens is 5. The van der Waals surface area contributed by atoms with E-state index in [1.807, 2.05) is 37.3 Å². The van der Waals surface area contributed by atoms with Crippen molar-refractivity contribution in [2.45, 2.75) is 38.6 Å². The molecule has 0 bridgehead atoms. The van der Waals surface area contributed by atoms with Crippen LogP contribution in [0.5, 0.6) is 0 Å². The maximum absolute atomic E-state index is 4.87. The molecule has 4 heterocycles. The second-order valence-corrected chi connectivity index (χ2v) is 8.19. The highest BCUT2D eigenvalue weighted by molar-refractivity contribution is 7.17. The maximum atomic E-state index is 4.87. The fourth-order valence-electron chi connectivity index (χ4n) is 3.59. The number of hydrogen-bond donors (Lipinski definition) is 2. The largest absolute Gasteiger partial charge is 0.366 e. The Balaban J connectivity index is 1.47. The van der Waals surface area contributed by atoms with Gasteiger partial charge in [-0.2, -0.15) is 5.10 Å². The molecule has 0 spiro atoms. The summed E-state index contributed by atoms with van der Waals surface area (Å²) in [5.74, 6) is 2.96. The third kappa shape index (κ3) is 3.88.